The quantitative estimate of drug-likeness (QED) is 0.665. The van der Waals surface area contributed by atoms with Crippen molar-refractivity contribution >= 4 is 23.6 Å². The number of ether oxygens (including phenoxy) is 1. The topological polar surface area (TPSA) is 75.6 Å². The van der Waals surface area contributed by atoms with Gasteiger partial charge in [-0.05, 0) is 12.2 Å². The molecule has 2 N–H and O–H groups in total. The van der Waals surface area contributed by atoms with E-state index >= 15 is 0 Å². The fraction of sp³-hybridized carbons (Fsp3) is 0.818. The van der Waals surface area contributed by atoms with E-state index in [0.717, 1.165) is 18.6 Å². The van der Waals surface area contributed by atoms with Crippen LogP contribution in [0.1, 0.15) is 26.2 Å². The van der Waals surface area contributed by atoms with Gasteiger partial charge in [-0.2, -0.15) is 11.8 Å². The van der Waals surface area contributed by atoms with Gasteiger partial charge >= 0.3 is 5.97 Å². The largest absolute Gasteiger partial charge is 0.479 e. The van der Waals surface area contributed by atoms with Gasteiger partial charge in [0.15, 0.2) is 5.54 Å². The molecule has 1 saturated heterocycles. The number of thioether (sulfide) groups is 1. The molecule has 17 heavy (non-hydrogen) atoms. The summed E-state index contributed by atoms with van der Waals surface area (Å²) in [6, 6.07) is 0. The molecule has 1 amide bonds. The summed E-state index contributed by atoms with van der Waals surface area (Å²) in [5, 5.41) is 11.7. The highest BCUT2D eigenvalue weighted by Gasteiger charge is 2.43. The molecule has 1 unspecified atom stereocenters. The highest BCUT2D eigenvalue weighted by atomic mass is 32.2. The Hall–Kier alpha value is -0.750. The van der Waals surface area contributed by atoms with E-state index in [0.29, 0.717) is 18.8 Å². The standard InChI is InChI=1S/C11H19NO4S/c1-2-3-6-17-7-9(13)12-11(10(14)15)4-5-16-8-11/h2-8H2,1H3,(H,12,13)(H,14,15). The zero-order valence-electron chi connectivity index (χ0n) is 10.0. The van der Waals surface area contributed by atoms with Gasteiger partial charge in [-0.3, -0.25) is 4.79 Å². The predicted octanol–water partition coefficient (Wildman–Crippen LogP) is 0.880. The number of carbonyl (C=O) groups excluding carboxylic acids is 1. The van der Waals surface area contributed by atoms with Crippen LogP contribution in [-0.2, 0) is 14.3 Å². The molecular formula is C11H19NO4S. The lowest BCUT2D eigenvalue weighted by Crippen LogP contribution is -2.55. The lowest BCUT2D eigenvalue weighted by molar-refractivity contribution is -0.147. The first-order valence-electron chi connectivity index (χ1n) is 5.80. The number of rotatable bonds is 7. The molecule has 0 bridgehead atoms. The summed E-state index contributed by atoms with van der Waals surface area (Å²) >= 11 is 1.53. The third kappa shape index (κ3) is 4.20. The Morgan fingerprint density at radius 1 is 1.53 bits per heavy atom. The van der Waals surface area contributed by atoms with Gasteiger partial charge in [-0.1, -0.05) is 13.3 Å². The first-order chi connectivity index (χ1) is 8.10. The molecule has 0 aromatic rings. The maximum Gasteiger partial charge on any atom is 0.331 e. The summed E-state index contributed by atoms with van der Waals surface area (Å²) in [5.41, 5.74) is -1.21. The van der Waals surface area contributed by atoms with Crippen LogP contribution in [0, 0.1) is 0 Å². The molecule has 0 saturated carbocycles. The maximum absolute atomic E-state index is 11.6. The van der Waals surface area contributed by atoms with Crippen LogP contribution in [0.4, 0.5) is 0 Å². The first kappa shape index (κ1) is 14.3. The third-order valence-corrected chi connectivity index (χ3v) is 3.73. The minimum absolute atomic E-state index is 0.0632. The van der Waals surface area contributed by atoms with E-state index in [4.69, 9.17) is 9.84 Å². The Bertz CT molecular complexity index is 277. The summed E-state index contributed by atoms with van der Waals surface area (Å²) in [6.45, 7) is 2.54. The Morgan fingerprint density at radius 2 is 2.29 bits per heavy atom. The number of carboxylic acid groups (broad SMARTS) is 1. The molecule has 1 aliphatic heterocycles. The molecule has 1 atom stereocenters. The van der Waals surface area contributed by atoms with Crippen molar-refractivity contribution in [1.82, 2.24) is 5.32 Å². The minimum atomic E-state index is -1.21. The Balaban J connectivity index is 2.35. The number of carboxylic acids is 1. The summed E-state index contributed by atoms with van der Waals surface area (Å²) in [4.78, 5) is 22.8. The second kappa shape index (κ2) is 6.86. The maximum atomic E-state index is 11.6. The van der Waals surface area contributed by atoms with Crippen LogP contribution >= 0.6 is 11.8 Å². The number of aliphatic carboxylic acids is 1. The van der Waals surface area contributed by atoms with E-state index in [1.165, 1.54) is 11.8 Å². The molecule has 1 aliphatic rings. The molecule has 1 fully saturated rings. The van der Waals surface area contributed by atoms with E-state index in [2.05, 4.69) is 12.2 Å². The van der Waals surface area contributed by atoms with E-state index < -0.39 is 11.5 Å². The highest BCUT2D eigenvalue weighted by Crippen LogP contribution is 2.19. The van der Waals surface area contributed by atoms with Gasteiger partial charge in [-0.25, -0.2) is 4.79 Å². The average molecular weight is 261 g/mol. The van der Waals surface area contributed by atoms with Crippen molar-refractivity contribution in [3.05, 3.63) is 0 Å². The minimum Gasteiger partial charge on any atom is -0.479 e. The molecule has 5 nitrogen and oxygen atoms in total. The molecule has 0 aromatic heterocycles. The number of nitrogens with one attached hydrogen (secondary N) is 1. The van der Waals surface area contributed by atoms with E-state index in [1.807, 2.05) is 0 Å². The van der Waals surface area contributed by atoms with Gasteiger partial charge in [-0.15, -0.1) is 0 Å². The molecule has 0 aromatic carbocycles. The third-order valence-electron chi connectivity index (χ3n) is 2.69. The van der Waals surface area contributed by atoms with Crippen LogP contribution in [0.3, 0.4) is 0 Å². The SMILES string of the molecule is CCCCSCC(=O)NC1(C(=O)O)CCOC1. The van der Waals surface area contributed by atoms with Gasteiger partial charge in [0.2, 0.25) is 5.91 Å². The van der Waals surface area contributed by atoms with Crippen LogP contribution in [0.25, 0.3) is 0 Å². The summed E-state index contributed by atoms with van der Waals surface area (Å²) in [7, 11) is 0. The predicted molar refractivity (Wildman–Crippen MR) is 66.2 cm³/mol. The van der Waals surface area contributed by atoms with Crippen molar-refractivity contribution in [3.63, 3.8) is 0 Å². The van der Waals surface area contributed by atoms with Crippen molar-refractivity contribution in [2.24, 2.45) is 0 Å². The fourth-order valence-corrected chi connectivity index (χ4v) is 2.49. The summed E-state index contributed by atoms with van der Waals surface area (Å²) < 4.78 is 5.06. The smallest absolute Gasteiger partial charge is 0.331 e. The van der Waals surface area contributed by atoms with Crippen molar-refractivity contribution in [3.8, 4) is 0 Å². The Labute approximate surface area is 105 Å². The number of hydrogen-bond donors (Lipinski definition) is 2. The normalized spacial score (nSPS) is 23.6. The number of hydrogen-bond acceptors (Lipinski definition) is 4. The summed E-state index contributed by atoms with van der Waals surface area (Å²) in [5.74, 6) is 0.0103. The fourth-order valence-electron chi connectivity index (χ4n) is 1.60. The van der Waals surface area contributed by atoms with Crippen LogP contribution in [0.15, 0.2) is 0 Å². The lowest BCUT2D eigenvalue weighted by atomic mass is 9.99. The number of amides is 1. The Morgan fingerprint density at radius 3 is 2.82 bits per heavy atom. The zero-order valence-corrected chi connectivity index (χ0v) is 10.8. The molecule has 98 valence electrons. The molecule has 1 rings (SSSR count). The first-order valence-corrected chi connectivity index (χ1v) is 6.96. The van der Waals surface area contributed by atoms with Crippen molar-refractivity contribution in [1.29, 1.82) is 0 Å². The highest BCUT2D eigenvalue weighted by molar-refractivity contribution is 7.99. The van der Waals surface area contributed by atoms with Crippen LogP contribution in [0.2, 0.25) is 0 Å². The van der Waals surface area contributed by atoms with Crippen LogP contribution in [-0.4, -0.2) is 47.2 Å². The van der Waals surface area contributed by atoms with E-state index in [9.17, 15) is 9.59 Å². The lowest BCUT2D eigenvalue weighted by Gasteiger charge is -2.23. The van der Waals surface area contributed by atoms with Gasteiger partial charge in [0, 0.05) is 13.0 Å². The van der Waals surface area contributed by atoms with Gasteiger partial charge < -0.3 is 15.2 Å². The van der Waals surface area contributed by atoms with Crippen LogP contribution in [0.5, 0.6) is 0 Å². The molecular weight excluding hydrogens is 242 g/mol. The zero-order chi connectivity index (χ0) is 12.7. The van der Waals surface area contributed by atoms with Gasteiger partial charge in [0.1, 0.15) is 0 Å². The Kier molecular flexibility index (Phi) is 5.77. The van der Waals surface area contributed by atoms with Crippen LogP contribution < -0.4 is 5.32 Å². The van der Waals surface area contributed by atoms with Gasteiger partial charge in [0.25, 0.3) is 0 Å². The monoisotopic (exact) mass is 261 g/mol. The molecule has 6 heteroatoms. The summed E-state index contributed by atoms with van der Waals surface area (Å²) in [6.07, 6.45) is 2.51. The number of carbonyl (C=O) groups is 2. The molecule has 0 radical (unpaired) electrons. The molecule has 0 spiro atoms. The second-order valence-corrected chi connectivity index (χ2v) is 5.25. The van der Waals surface area contributed by atoms with Crippen molar-refractivity contribution in [2.75, 3.05) is 24.7 Å². The average Bonchev–Trinajstić information content (AvgIpc) is 2.74. The molecule has 0 aliphatic carbocycles. The van der Waals surface area contributed by atoms with Crippen molar-refractivity contribution < 1.29 is 19.4 Å². The number of unbranched alkanes of at least 4 members (excludes halogenated alkanes) is 1. The molecule has 1 heterocycles. The van der Waals surface area contributed by atoms with E-state index in [-0.39, 0.29) is 12.5 Å². The second-order valence-electron chi connectivity index (χ2n) is 4.14. The van der Waals surface area contributed by atoms with Crippen molar-refractivity contribution in [2.45, 2.75) is 31.7 Å². The van der Waals surface area contributed by atoms with Gasteiger partial charge in [0.05, 0.1) is 12.4 Å². The van der Waals surface area contributed by atoms with E-state index in [1.54, 1.807) is 0 Å².